The van der Waals surface area contributed by atoms with Gasteiger partial charge >= 0.3 is 0 Å². The Morgan fingerprint density at radius 1 is 1.00 bits per heavy atom. The third kappa shape index (κ3) is 6.89. The van der Waals surface area contributed by atoms with Crippen molar-refractivity contribution in [2.45, 2.75) is 33.6 Å². The van der Waals surface area contributed by atoms with E-state index in [1.165, 1.54) is 4.68 Å². The number of nitrogens with zero attached hydrogens (tertiary/aromatic N) is 3. The first-order valence-electron chi connectivity index (χ1n) is 14.4. The van der Waals surface area contributed by atoms with Gasteiger partial charge in [-0.05, 0) is 85.5 Å². The average molecular weight is 654 g/mol. The summed E-state index contributed by atoms with van der Waals surface area (Å²) in [7, 11) is 0. The minimum Gasteiger partial charge on any atom is -0.494 e. The zero-order valence-corrected chi connectivity index (χ0v) is 26.6. The number of carbonyl (C=O) groups excluding carboxylic acids is 1. The van der Waals surface area contributed by atoms with Crippen molar-refractivity contribution >= 4 is 44.6 Å². The van der Waals surface area contributed by atoms with Crippen molar-refractivity contribution in [1.29, 1.82) is 0 Å². The lowest BCUT2D eigenvalue weighted by atomic mass is 9.96. The van der Waals surface area contributed by atoms with E-state index in [1.807, 2.05) is 68.4 Å². The van der Waals surface area contributed by atoms with E-state index in [9.17, 15) is 9.59 Å². The summed E-state index contributed by atoms with van der Waals surface area (Å²) >= 11 is 3.51. The molecule has 0 saturated carbocycles. The van der Waals surface area contributed by atoms with Gasteiger partial charge in [0.25, 0.3) is 11.5 Å². The van der Waals surface area contributed by atoms with Crippen LogP contribution in [0, 0.1) is 6.92 Å². The molecule has 0 fully saturated rings. The van der Waals surface area contributed by atoms with Crippen LogP contribution < -0.4 is 20.3 Å². The fourth-order valence-corrected chi connectivity index (χ4v) is 5.19. The minimum absolute atomic E-state index is 0.181. The van der Waals surface area contributed by atoms with Crippen LogP contribution in [0.3, 0.4) is 0 Å². The number of ether oxygens (including phenoxy) is 2. The second-order valence-electron chi connectivity index (χ2n) is 10.5. The molecule has 0 spiro atoms. The van der Waals surface area contributed by atoms with Crippen molar-refractivity contribution in [2.24, 2.45) is 5.10 Å². The summed E-state index contributed by atoms with van der Waals surface area (Å²) in [5.41, 5.74) is 4.22. The van der Waals surface area contributed by atoms with Gasteiger partial charge in [0, 0.05) is 21.3 Å². The molecule has 0 atom stereocenters. The van der Waals surface area contributed by atoms with Crippen LogP contribution in [0.1, 0.15) is 43.4 Å². The number of para-hydroxylation sites is 2. The number of hydrogen-bond donors (Lipinski definition) is 1. The van der Waals surface area contributed by atoms with Gasteiger partial charge < -0.3 is 14.8 Å². The SMILES string of the molecule is CCOc1cc(C)c(-c2nc3ccccc3c(=O)n2N=Cc2cc(Br)ccc2OCC(=O)Nc2ccccc2)cc1C(C)C. The molecule has 1 amide bonds. The molecule has 1 heterocycles. The molecule has 0 aliphatic carbocycles. The highest BCUT2D eigenvalue weighted by Gasteiger charge is 2.19. The Morgan fingerprint density at radius 3 is 2.50 bits per heavy atom. The van der Waals surface area contributed by atoms with Crippen LogP contribution in [0.2, 0.25) is 0 Å². The van der Waals surface area contributed by atoms with Gasteiger partial charge in [-0.25, -0.2) is 4.98 Å². The molecule has 5 rings (SSSR count). The Balaban J connectivity index is 1.56. The molecule has 0 aliphatic rings. The maximum Gasteiger partial charge on any atom is 0.282 e. The molecule has 44 heavy (non-hydrogen) atoms. The summed E-state index contributed by atoms with van der Waals surface area (Å²) in [6.07, 6.45) is 1.55. The van der Waals surface area contributed by atoms with E-state index in [-0.39, 0.29) is 24.0 Å². The molecule has 224 valence electrons. The number of carbonyl (C=O) groups is 1. The standard InChI is InChI=1S/C35H33BrN4O4/c1-5-43-32-17-23(4)29(19-28(32)22(2)3)34-39-30-14-10-9-13-27(30)35(42)40(34)37-20-24-18-25(36)15-16-31(24)44-21-33(41)38-26-11-7-6-8-12-26/h6-20,22H,5,21H2,1-4H3,(H,38,41). The highest BCUT2D eigenvalue weighted by atomic mass is 79.9. The predicted molar refractivity (Wildman–Crippen MR) is 179 cm³/mol. The summed E-state index contributed by atoms with van der Waals surface area (Å²) in [4.78, 5) is 31.3. The molecular formula is C35H33BrN4O4. The highest BCUT2D eigenvalue weighted by molar-refractivity contribution is 9.10. The van der Waals surface area contributed by atoms with Gasteiger partial charge in [-0.3, -0.25) is 9.59 Å². The van der Waals surface area contributed by atoms with Gasteiger partial charge in [0.2, 0.25) is 0 Å². The quantitative estimate of drug-likeness (QED) is 0.157. The minimum atomic E-state index is -0.305. The fourth-order valence-electron chi connectivity index (χ4n) is 4.81. The molecule has 8 nitrogen and oxygen atoms in total. The Morgan fingerprint density at radius 2 is 1.75 bits per heavy atom. The molecule has 1 aromatic heterocycles. The van der Waals surface area contributed by atoms with Crippen molar-refractivity contribution in [3.8, 4) is 22.9 Å². The predicted octanol–water partition coefficient (Wildman–Crippen LogP) is 7.56. The first kappa shape index (κ1) is 30.7. The van der Waals surface area contributed by atoms with E-state index < -0.39 is 0 Å². The van der Waals surface area contributed by atoms with Crippen LogP contribution in [-0.2, 0) is 4.79 Å². The number of aryl methyl sites for hydroxylation is 1. The second-order valence-corrected chi connectivity index (χ2v) is 11.4. The monoisotopic (exact) mass is 652 g/mol. The third-order valence-electron chi connectivity index (χ3n) is 6.97. The number of anilines is 1. The summed E-state index contributed by atoms with van der Waals surface area (Å²) in [6, 6.07) is 25.8. The van der Waals surface area contributed by atoms with Crippen molar-refractivity contribution in [1.82, 2.24) is 9.66 Å². The van der Waals surface area contributed by atoms with Gasteiger partial charge in [0.05, 0.1) is 23.7 Å². The van der Waals surface area contributed by atoms with E-state index in [2.05, 4.69) is 40.2 Å². The van der Waals surface area contributed by atoms with Crippen LogP contribution >= 0.6 is 15.9 Å². The van der Waals surface area contributed by atoms with E-state index in [0.717, 1.165) is 26.9 Å². The summed E-state index contributed by atoms with van der Waals surface area (Å²) in [5.74, 6) is 1.54. The smallest absolute Gasteiger partial charge is 0.282 e. The summed E-state index contributed by atoms with van der Waals surface area (Å²) < 4.78 is 13.9. The molecule has 1 N–H and O–H groups in total. The van der Waals surface area contributed by atoms with Crippen LogP contribution in [0.4, 0.5) is 5.69 Å². The third-order valence-corrected chi connectivity index (χ3v) is 7.47. The van der Waals surface area contributed by atoms with Crippen LogP contribution in [0.25, 0.3) is 22.3 Å². The van der Waals surface area contributed by atoms with Crippen LogP contribution in [0.5, 0.6) is 11.5 Å². The van der Waals surface area contributed by atoms with E-state index in [4.69, 9.17) is 14.5 Å². The fraction of sp³-hybridized carbons (Fsp3) is 0.200. The zero-order chi connectivity index (χ0) is 31.2. The van der Waals surface area contributed by atoms with E-state index in [0.29, 0.717) is 40.3 Å². The first-order valence-corrected chi connectivity index (χ1v) is 15.2. The van der Waals surface area contributed by atoms with Gasteiger partial charge in [0.15, 0.2) is 12.4 Å². The molecule has 0 unspecified atom stereocenters. The first-order chi connectivity index (χ1) is 21.2. The maximum absolute atomic E-state index is 13.9. The molecular weight excluding hydrogens is 620 g/mol. The van der Waals surface area contributed by atoms with Gasteiger partial charge in [-0.15, -0.1) is 0 Å². The Hall–Kier alpha value is -4.76. The lowest BCUT2D eigenvalue weighted by molar-refractivity contribution is -0.118. The van der Waals surface area contributed by atoms with Crippen molar-refractivity contribution in [3.63, 3.8) is 0 Å². The van der Waals surface area contributed by atoms with Gasteiger partial charge in [-0.2, -0.15) is 9.78 Å². The number of rotatable bonds is 10. The normalized spacial score (nSPS) is 11.3. The Bertz CT molecular complexity index is 1900. The average Bonchev–Trinajstić information content (AvgIpc) is 3.01. The van der Waals surface area contributed by atoms with Crippen molar-refractivity contribution in [3.05, 3.63) is 116 Å². The Kier molecular flexibility index (Phi) is 9.55. The molecule has 0 radical (unpaired) electrons. The molecule has 9 heteroatoms. The zero-order valence-electron chi connectivity index (χ0n) is 25.0. The van der Waals surface area contributed by atoms with Crippen molar-refractivity contribution in [2.75, 3.05) is 18.5 Å². The number of amides is 1. The van der Waals surface area contributed by atoms with Gasteiger partial charge in [-0.1, -0.05) is 60.1 Å². The van der Waals surface area contributed by atoms with E-state index in [1.54, 1.807) is 36.5 Å². The number of halogens is 1. The summed E-state index contributed by atoms with van der Waals surface area (Å²) in [5, 5.41) is 7.92. The number of benzene rings is 4. The number of aromatic nitrogens is 2. The Labute approximate surface area is 264 Å². The van der Waals surface area contributed by atoms with Crippen LogP contribution in [0.15, 0.2) is 99.3 Å². The molecule has 0 aliphatic heterocycles. The number of hydrogen-bond acceptors (Lipinski definition) is 6. The second kappa shape index (κ2) is 13.7. The van der Waals surface area contributed by atoms with Crippen LogP contribution in [-0.4, -0.2) is 35.0 Å². The molecule has 4 aromatic carbocycles. The molecule has 5 aromatic rings. The van der Waals surface area contributed by atoms with Gasteiger partial charge in [0.1, 0.15) is 11.5 Å². The maximum atomic E-state index is 13.9. The van der Waals surface area contributed by atoms with E-state index >= 15 is 0 Å². The summed E-state index contributed by atoms with van der Waals surface area (Å²) in [6.45, 7) is 8.48. The molecule has 0 saturated heterocycles. The van der Waals surface area contributed by atoms with Crippen molar-refractivity contribution < 1.29 is 14.3 Å². The molecule has 0 bridgehead atoms. The largest absolute Gasteiger partial charge is 0.494 e. The topological polar surface area (TPSA) is 94.8 Å². The number of fused-ring (bicyclic) bond motifs is 1. The number of nitrogens with one attached hydrogen (secondary N) is 1. The highest BCUT2D eigenvalue weighted by Crippen LogP contribution is 2.34. The lowest BCUT2D eigenvalue weighted by Crippen LogP contribution is -2.21. The lowest BCUT2D eigenvalue weighted by Gasteiger charge is -2.18.